The van der Waals surface area contributed by atoms with Gasteiger partial charge in [0, 0.05) is 35.3 Å². The van der Waals surface area contributed by atoms with Gasteiger partial charge < -0.3 is 9.64 Å². The number of hydrogen-bond donors (Lipinski definition) is 1. The van der Waals surface area contributed by atoms with Crippen LogP contribution in [0.2, 0.25) is 0 Å². The number of likely N-dealkylation sites (N-methyl/N-ethyl adjacent to an activating group) is 1. The molecule has 0 aliphatic carbocycles. The van der Waals surface area contributed by atoms with Gasteiger partial charge in [0.2, 0.25) is 5.91 Å². The molecule has 2 aromatic carbocycles. The molecule has 0 radical (unpaired) electrons. The zero-order valence-electron chi connectivity index (χ0n) is 19.1. The predicted molar refractivity (Wildman–Crippen MR) is 131 cm³/mol. The smallest absolute Gasteiger partial charge is 0.412 e. The molecule has 0 saturated heterocycles. The third-order valence-electron chi connectivity index (χ3n) is 5.38. The van der Waals surface area contributed by atoms with E-state index in [0.29, 0.717) is 23.2 Å². The Morgan fingerprint density at radius 1 is 1.12 bits per heavy atom. The lowest BCUT2D eigenvalue weighted by molar-refractivity contribution is -0.117. The number of fused-ring (bicyclic) bond motifs is 1. The summed E-state index contributed by atoms with van der Waals surface area (Å²) < 4.78 is 5.39. The number of amides is 2. The van der Waals surface area contributed by atoms with Gasteiger partial charge >= 0.3 is 6.09 Å². The molecule has 2 amide bonds. The highest BCUT2D eigenvalue weighted by molar-refractivity contribution is 7.13. The molecule has 170 valence electrons. The summed E-state index contributed by atoms with van der Waals surface area (Å²) in [7, 11) is 1.74. The van der Waals surface area contributed by atoms with Crippen LogP contribution in [0, 0.1) is 0 Å². The van der Waals surface area contributed by atoms with Gasteiger partial charge in [-0.3, -0.25) is 14.9 Å². The van der Waals surface area contributed by atoms with Gasteiger partial charge in [0.1, 0.15) is 5.60 Å². The van der Waals surface area contributed by atoms with Crippen LogP contribution in [0.5, 0.6) is 0 Å². The van der Waals surface area contributed by atoms with Crippen LogP contribution in [0.25, 0.3) is 10.4 Å². The van der Waals surface area contributed by atoms with Crippen LogP contribution < -0.4 is 10.2 Å². The Hall–Kier alpha value is -3.45. The van der Waals surface area contributed by atoms with Crippen molar-refractivity contribution >= 4 is 40.5 Å². The quantitative estimate of drug-likeness (QED) is 0.493. The number of benzene rings is 2. The molecule has 2 heterocycles. The van der Waals surface area contributed by atoms with E-state index in [0.717, 1.165) is 21.7 Å². The number of carbonyl (C=O) groups excluding carboxylic acids is 3. The van der Waals surface area contributed by atoms with E-state index in [1.165, 1.54) is 0 Å². The maximum absolute atomic E-state index is 13.2. The number of ether oxygens (including phenoxy) is 1. The van der Waals surface area contributed by atoms with Crippen LogP contribution in [0.1, 0.15) is 42.3 Å². The van der Waals surface area contributed by atoms with E-state index in [4.69, 9.17) is 4.74 Å². The lowest BCUT2D eigenvalue weighted by atomic mass is 9.97. The Bertz CT molecular complexity index is 1230. The fourth-order valence-corrected chi connectivity index (χ4v) is 4.51. The number of rotatable bonds is 5. The molecule has 1 aliphatic rings. The van der Waals surface area contributed by atoms with Gasteiger partial charge in [0.15, 0.2) is 5.78 Å². The molecule has 1 aliphatic heterocycles. The molecular formula is C26H26N2O4S. The maximum atomic E-state index is 13.2. The van der Waals surface area contributed by atoms with Gasteiger partial charge in [-0.05, 0) is 79.2 Å². The fraction of sp³-hybridized carbons (Fsp3) is 0.269. The Labute approximate surface area is 197 Å². The number of anilines is 2. The van der Waals surface area contributed by atoms with Crippen molar-refractivity contribution in [1.82, 2.24) is 0 Å². The second-order valence-corrected chi connectivity index (χ2v) is 10.00. The summed E-state index contributed by atoms with van der Waals surface area (Å²) in [5.41, 5.74) is 3.81. The minimum atomic E-state index is -0.633. The van der Waals surface area contributed by atoms with Gasteiger partial charge in [-0.25, -0.2) is 4.79 Å². The number of ketones is 1. The molecule has 1 aromatic heterocycles. The van der Waals surface area contributed by atoms with E-state index in [1.54, 1.807) is 62.3 Å². The van der Waals surface area contributed by atoms with Crippen LogP contribution >= 0.6 is 11.3 Å². The first kappa shape index (κ1) is 22.7. The molecule has 33 heavy (non-hydrogen) atoms. The largest absolute Gasteiger partial charge is 0.444 e. The molecule has 3 aromatic rings. The molecule has 7 heteroatoms. The zero-order valence-corrected chi connectivity index (χ0v) is 19.9. The van der Waals surface area contributed by atoms with E-state index in [-0.39, 0.29) is 18.1 Å². The Morgan fingerprint density at radius 2 is 1.91 bits per heavy atom. The fourth-order valence-electron chi connectivity index (χ4n) is 3.79. The van der Waals surface area contributed by atoms with Crippen LogP contribution in [0.15, 0.2) is 53.9 Å². The molecule has 0 atom stereocenters. The average molecular weight is 463 g/mol. The highest BCUT2D eigenvalue weighted by Crippen LogP contribution is 2.31. The van der Waals surface area contributed by atoms with Crippen LogP contribution in [0.3, 0.4) is 0 Å². The summed E-state index contributed by atoms with van der Waals surface area (Å²) in [6.07, 6.45) is -0.168. The Kier molecular flexibility index (Phi) is 6.08. The van der Waals surface area contributed by atoms with E-state index < -0.39 is 11.7 Å². The Morgan fingerprint density at radius 3 is 2.61 bits per heavy atom. The SMILES string of the molecule is CN1C(=O)Cc2cc(C(=O)Cc3cc(-c4cccs4)ccc3NC(=O)OC(C)(C)C)ccc21. The first-order valence-electron chi connectivity index (χ1n) is 10.7. The third kappa shape index (κ3) is 5.14. The van der Waals surface area contributed by atoms with Gasteiger partial charge in [-0.15, -0.1) is 11.3 Å². The number of thiophene rings is 1. The van der Waals surface area contributed by atoms with E-state index >= 15 is 0 Å². The van der Waals surface area contributed by atoms with E-state index in [9.17, 15) is 14.4 Å². The summed E-state index contributed by atoms with van der Waals surface area (Å²) in [6, 6.07) is 15.0. The predicted octanol–water partition coefficient (Wildman–Crippen LogP) is 5.71. The van der Waals surface area contributed by atoms with Gasteiger partial charge in [-0.1, -0.05) is 12.1 Å². The first-order chi connectivity index (χ1) is 15.6. The highest BCUT2D eigenvalue weighted by Gasteiger charge is 2.25. The summed E-state index contributed by atoms with van der Waals surface area (Å²) >= 11 is 1.61. The van der Waals surface area contributed by atoms with Crippen LogP contribution in [-0.4, -0.2) is 30.4 Å². The van der Waals surface area contributed by atoms with Gasteiger partial charge in [0.25, 0.3) is 0 Å². The van der Waals surface area contributed by atoms with Gasteiger partial charge in [0.05, 0.1) is 6.42 Å². The lowest BCUT2D eigenvalue weighted by Gasteiger charge is -2.20. The minimum Gasteiger partial charge on any atom is -0.444 e. The molecule has 4 rings (SSSR count). The van der Waals surface area contributed by atoms with E-state index in [1.807, 2.05) is 35.7 Å². The third-order valence-corrected chi connectivity index (χ3v) is 6.30. The highest BCUT2D eigenvalue weighted by atomic mass is 32.1. The van der Waals surface area contributed by atoms with Crippen molar-refractivity contribution < 1.29 is 19.1 Å². The van der Waals surface area contributed by atoms with Crippen LogP contribution in [-0.2, 0) is 22.4 Å². The molecule has 0 fully saturated rings. The number of Topliss-reactive ketones (excluding diaryl/α,β-unsaturated/α-hetero) is 1. The first-order valence-corrected chi connectivity index (χ1v) is 11.6. The average Bonchev–Trinajstić information content (AvgIpc) is 3.36. The summed E-state index contributed by atoms with van der Waals surface area (Å²) in [6.45, 7) is 5.40. The summed E-state index contributed by atoms with van der Waals surface area (Å²) in [5.74, 6) is -0.0718. The maximum Gasteiger partial charge on any atom is 0.412 e. The molecule has 1 N–H and O–H groups in total. The number of hydrogen-bond acceptors (Lipinski definition) is 5. The summed E-state index contributed by atoms with van der Waals surface area (Å²) in [4.78, 5) is 40.3. The second kappa shape index (κ2) is 8.83. The topological polar surface area (TPSA) is 75.7 Å². The normalized spacial score (nSPS) is 13.1. The van der Waals surface area contributed by atoms with Crippen molar-refractivity contribution in [2.45, 2.75) is 39.2 Å². The number of nitrogens with zero attached hydrogens (tertiary/aromatic N) is 1. The number of carbonyl (C=O) groups is 3. The Balaban J connectivity index is 1.62. The van der Waals surface area contributed by atoms with Crippen molar-refractivity contribution in [2.24, 2.45) is 0 Å². The van der Waals surface area contributed by atoms with Crippen molar-refractivity contribution in [3.05, 3.63) is 70.6 Å². The molecular weight excluding hydrogens is 436 g/mol. The van der Waals surface area contributed by atoms with Crippen LogP contribution in [0.4, 0.5) is 16.2 Å². The zero-order chi connectivity index (χ0) is 23.8. The van der Waals surface area contributed by atoms with Gasteiger partial charge in [-0.2, -0.15) is 0 Å². The molecule has 6 nitrogen and oxygen atoms in total. The van der Waals surface area contributed by atoms with Crippen molar-refractivity contribution in [2.75, 3.05) is 17.3 Å². The molecule has 0 spiro atoms. The minimum absolute atomic E-state index is 0.0158. The number of nitrogens with one attached hydrogen (secondary N) is 1. The lowest BCUT2D eigenvalue weighted by Crippen LogP contribution is -2.27. The van der Waals surface area contributed by atoms with Crippen molar-refractivity contribution in [1.29, 1.82) is 0 Å². The summed E-state index contributed by atoms with van der Waals surface area (Å²) in [5, 5.41) is 4.78. The van der Waals surface area contributed by atoms with Crippen molar-refractivity contribution in [3.8, 4) is 10.4 Å². The van der Waals surface area contributed by atoms with Crippen molar-refractivity contribution in [3.63, 3.8) is 0 Å². The standard InChI is InChI=1S/C26H26N2O4S/c1-26(2,3)32-25(31)27-20-9-7-17(23-6-5-11-33-23)13-18(20)14-22(29)16-8-10-21-19(12-16)15-24(30)28(21)4/h5-13H,14-15H2,1-4H3,(H,27,31). The molecule has 0 saturated carbocycles. The van der Waals surface area contributed by atoms with E-state index in [2.05, 4.69) is 5.32 Å². The second-order valence-electron chi connectivity index (χ2n) is 9.05. The monoisotopic (exact) mass is 462 g/mol. The molecule has 0 bridgehead atoms. The molecule has 0 unspecified atom stereocenters.